The number of H-pyrrole nitrogens is 1. The van der Waals surface area contributed by atoms with Crippen molar-refractivity contribution in [2.75, 3.05) is 38.7 Å². The predicted molar refractivity (Wildman–Crippen MR) is 118 cm³/mol. The van der Waals surface area contributed by atoms with Crippen molar-refractivity contribution in [3.63, 3.8) is 0 Å². The van der Waals surface area contributed by atoms with E-state index in [9.17, 15) is 0 Å². The van der Waals surface area contributed by atoms with Crippen LogP contribution in [0.3, 0.4) is 0 Å². The Balaban J connectivity index is 1.57. The van der Waals surface area contributed by atoms with E-state index in [2.05, 4.69) is 25.6 Å². The van der Waals surface area contributed by atoms with Gasteiger partial charge in [-0.15, -0.1) is 0 Å². The number of guanidine groups is 1. The van der Waals surface area contributed by atoms with E-state index in [0.29, 0.717) is 19.8 Å². The van der Waals surface area contributed by atoms with Gasteiger partial charge in [0.05, 0.1) is 17.6 Å². The fourth-order valence-electron chi connectivity index (χ4n) is 2.90. The van der Waals surface area contributed by atoms with Crippen molar-refractivity contribution in [3.8, 4) is 5.75 Å². The van der Waals surface area contributed by atoms with E-state index in [-0.39, 0.29) is 0 Å². The first-order valence-electron chi connectivity index (χ1n) is 9.99. The average molecular weight is 396 g/mol. The summed E-state index contributed by atoms with van der Waals surface area (Å²) in [4.78, 5) is 12.6. The van der Waals surface area contributed by atoms with Crippen LogP contribution >= 0.6 is 0 Å². The number of ether oxygens (including phenoxy) is 2. The number of anilines is 1. The summed E-state index contributed by atoms with van der Waals surface area (Å²) in [5.41, 5.74) is 2.97. The summed E-state index contributed by atoms with van der Waals surface area (Å²) >= 11 is 0. The molecule has 1 heterocycles. The highest BCUT2D eigenvalue weighted by Crippen LogP contribution is 2.17. The molecule has 0 aliphatic heterocycles. The highest BCUT2D eigenvalue weighted by molar-refractivity contribution is 5.93. The molecule has 0 saturated carbocycles. The first-order valence-corrected chi connectivity index (χ1v) is 9.99. The number of nitrogens with zero attached hydrogens (tertiary/aromatic N) is 2. The van der Waals surface area contributed by atoms with Crippen LogP contribution in [0.2, 0.25) is 0 Å². The van der Waals surface area contributed by atoms with Gasteiger partial charge in [0, 0.05) is 51.4 Å². The molecule has 0 aliphatic carbocycles. The molecule has 0 atom stereocenters. The third kappa shape index (κ3) is 6.50. The Kier molecular flexibility index (Phi) is 7.89. The van der Waals surface area contributed by atoms with Crippen LogP contribution in [0.5, 0.6) is 5.75 Å². The van der Waals surface area contributed by atoms with Gasteiger partial charge in [-0.2, -0.15) is 0 Å². The Morgan fingerprint density at radius 3 is 2.86 bits per heavy atom. The molecule has 7 heteroatoms. The van der Waals surface area contributed by atoms with Crippen molar-refractivity contribution in [2.24, 2.45) is 4.99 Å². The van der Waals surface area contributed by atoms with Gasteiger partial charge < -0.3 is 25.1 Å². The van der Waals surface area contributed by atoms with E-state index in [1.165, 1.54) is 0 Å². The molecule has 3 aromatic rings. The molecule has 0 amide bonds. The van der Waals surface area contributed by atoms with Gasteiger partial charge in [-0.25, -0.2) is 4.98 Å². The van der Waals surface area contributed by atoms with Crippen LogP contribution in [0.1, 0.15) is 19.2 Å². The lowest BCUT2D eigenvalue weighted by Gasteiger charge is -2.12. The van der Waals surface area contributed by atoms with Crippen molar-refractivity contribution >= 4 is 22.7 Å². The maximum atomic E-state index is 5.77. The number of aromatic nitrogens is 2. The number of methoxy groups -OCH3 is 1. The molecule has 0 bridgehead atoms. The summed E-state index contributed by atoms with van der Waals surface area (Å²) in [6, 6.07) is 15.9. The van der Waals surface area contributed by atoms with Crippen molar-refractivity contribution in [1.82, 2.24) is 15.3 Å². The molecule has 154 valence electrons. The van der Waals surface area contributed by atoms with Gasteiger partial charge in [-0.1, -0.05) is 18.2 Å². The van der Waals surface area contributed by atoms with E-state index in [0.717, 1.165) is 53.6 Å². The lowest BCUT2D eigenvalue weighted by molar-refractivity contribution is 0.172. The minimum absolute atomic E-state index is 0.627. The van der Waals surface area contributed by atoms with E-state index in [1.807, 2.05) is 55.5 Å². The number of hydrogen-bond acceptors (Lipinski definition) is 4. The molecule has 29 heavy (non-hydrogen) atoms. The third-order valence-electron chi connectivity index (χ3n) is 4.26. The first-order chi connectivity index (χ1) is 14.3. The lowest BCUT2D eigenvalue weighted by Crippen LogP contribution is -2.30. The number of imidazole rings is 1. The van der Waals surface area contributed by atoms with Crippen LogP contribution in [0, 0.1) is 0 Å². The van der Waals surface area contributed by atoms with Crippen molar-refractivity contribution in [3.05, 3.63) is 54.4 Å². The van der Waals surface area contributed by atoms with Crippen molar-refractivity contribution in [2.45, 2.75) is 19.8 Å². The van der Waals surface area contributed by atoms with Crippen molar-refractivity contribution < 1.29 is 9.47 Å². The predicted octanol–water partition coefficient (Wildman–Crippen LogP) is 3.60. The minimum atomic E-state index is 0.627. The van der Waals surface area contributed by atoms with E-state index in [1.54, 1.807) is 7.11 Å². The highest BCUT2D eigenvalue weighted by Gasteiger charge is 2.04. The van der Waals surface area contributed by atoms with Gasteiger partial charge in [0.15, 0.2) is 5.96 Å². The first kappa shape index (κ1) is 20.7. The molecule has 2 aromatic carbocycles. The van der Waals surface area contributed by atoms with Crippen LogP contribution in [-0.2, 0) is 11.2 Å². The van der Waals surface area contributed by atoms with Gasteiger partial charge >= 0.3 is 0 Å². The largest absolute Gasteiger partial charge is 0.493 e. The summed E-state index contributed by atoms with van der Waals surface area (Å²) < 4.78 is 10.8. The van der Waals surface area contributed by atoms with Crippen LogP contribution < -0.4 is 15.4 Å². The molecule has 0 spiro atoms. The molecule has 1 aromatic heterocycles. The summed E-state index contributed by atoms with van der Waals surface area (Å²) in [6.07, 6.45) is 1.61. The maximum absolute atomic E-state index is 5.77. The number of aromatic amines is 1. The van der Waals surface area contributed by atoms with E-state index >= 15 is 0 Å². The molecule has 0 radical (unpaired) electrons. The Morgan fingerprint density at radius 2 is 2.03 bits per heavy atom. The summed E-state index contributed by atoms with van der Waals surface area (Å²) in [5.74, 6) is 2.50. The van der Waals surface area contributed by atoms with Gasteiger partial charge in [0.1, 0.15) is 11.6 Å². The Bertz CT molecular complexity index is 889. The molecular formula is C22H29N5O2. The number of rotatable bonds is 10. The molecular weight excluding hydrogens is 366 g/mol. The zero-order valence-corrected chi connectivity index (χ0v) is 17.1. The average Bonchev–Trinajstić information content (AvgIpc) is 3.14. The Labute approximate surface area is 171 Å². The smallest absolute Gasteiger partial charge is 0.195 e. The molecule has 3 N–H and O–H groups in total. The second-order valence-electron chi connectivity index (χ2n) is 6.56. The van der Waals surface area contributed by atoms with E-state index < -0.39 is 0 Å². The monoisotopic (exact) mass is 395 g/mol. The lowest BCUT2D eigenvalue weighted by atomic mass is 10.3. The fourth-order valence-corrected chi connectivity index (χ4v) is 2.90. The highest BCUT2D eigenvalue weighted by atomic mass is 16.5. The second kappa shape index (κ2) is 11.1. The second-order valence-corrected chi connectivity index (χ2v) is 6.56. The van der Waals surface area contributed by atoms with Crippen LogP contribution in [0.15, 0.2) is 53.5 Å². The van der Waals surface area contributed by atoms with Gasteiger partial charge in [-0.05, 0) is 31.2 Å². The number of nitrogens with one attached hydrogen (secondary N) is 3. The van der Waals surface area contributed by atoms with Gasteiger partial charge in [0.2, 0.25) is 0 Å². The Hall–Kier alpha value is -3.06. The third-order valence-corrected chi connectivity index (χ3v) is 4.26. The molecule has 7 nitrogen and oxygen atoms in total. The quantitative estimate of drug-likeness (QED) is 0.278. The molecule has 3 rings (SSSR count). The van der Waals surface area contributed by atoms with Crippen molar-refractivity contribution in [1.29, 1.82) is 0 Å². The van der Waals surface area contributed by atoms with Crippen LogP contribution in [-0.4, -0.2) is 49.3 Å². The van der Waals surface area contributed by atoms with Crippen LogP contribution in [0.25, 0.3) is 11.0 Å². The summed E-state index contributed by atoms with van der Waals surface area (Å²) in [5, 5.41) is 6.61. The zero-order valence-electron chi connectivity index (χ0n) is 17.1. The number of para-hydroxylation sites is 2. The number of aliphatic imine (C=N–C) groups is 1. The number of fused-ring (bicyclic) bond motifs is 1. The zero-order chi connectivity index (χ0) is 20.3. The number of benzene rings is 2. The maximum Gasteiger partial charge on any atom is 0.195 e. The summed E-state index contributed by atoms with van der Waals surface area (Å²) in [6.45, 7) is 4.78. The normalized spacial score (nSPS) is 11.6. The fraction of sp³-hybridized carbons (Fsp3) is 0.364. The summed E-state index contributed by atoms with van der Waals surface area (Å²) in [7, 11) is 1.69. The Morgan fingerprint density at radius 1 is 1.14 bits per heavy atom. The van der Waals surface area contributed by atoms with E-state index in [4.69, 9.17) is 9.47 Å². The topological polar surface area (TPSA) is 83.6 Å². The van der Waals surface area contributed by atoms with Gasteiger partial charge in [-0.3, -0.25) is 4.99 Å². The number of hydrogen-bond donors (Lipinski definition) is 3. The van der Waals surface area contributed by atoms with Gasteiger partial charge in [0.25, 0.3) is 0 Å². The standard InChI is InChI=1S/C22H29N5O2/c1-3-23-22(24-13-12-21-26-19-10-4-5-11-20(19)27-21)25-17-8-6-9-18(16-17)29-15-7-14-28-2/h4-6,8-11,16H,3,7,12-15H2,1-2H3,(H,26,27)(H2,23,24,25). The SMILES string of the molecule is CCNC(=NCCc1nc2ccccc2[nH]1)Nc1cccc(OCCCOC)c1. The molecule has 0 aliphatic rings. The molecule has 0 fully saturated rings. The van der Waals surface area contributed by atoms with Crippen LogP contribution in [0.4, 0.5) is 5.69 Å². The minimum Gasteiger partial charge on any atom is -0.493 e. The molecule has 0 unspecified atom stereocenters. The molecule has 0 saturated heterocycles.